The average Bonchev–Trinajstić information content (AvgIpc) is 2.83. The molecule has 1 aromatic carbocycles. The van der Waals surface area contributed by atoms with Crippen LogP contribution in [-0.2, 0) is 13.6 Å². The van der Waals surface area contributed by atoms with Crippen LogP contribution in [0.25, 0.3) is 0 Å². The van der Waals surface area contributed by atoms with E-state index in [2.05, 4.69) is 5.10 Å². The molecule has 5 nitrogen and oxygen atoms in total. The van der Waals surface area contributed by atoms with Crippen LogP contribution in [0.4, 0.5) is 5.69 Å². The van der Waals surface area contributed by atoms with Gasteiger partial charge in [0.25, 0.3) is 5.91 Å². The maximum Gasteiger partial charge on any atom is 0.253 e. The van der Waals surface area contributed by atoms with Crippen molar-refractivity contribution in [3.05, 3.63) is 47.8 Å². The average molecular weight is 272 g/mol. The van der Waals surface area contributed by atoms with E-state index >= 15 is 0 Å². The first-order chi connectivity index (χ1) is 9.47. The summed E-state index contributed by atoms with van der Waals surface area (Å²) in [6.07, 6.45) is 3.69. The van der Waals surface area contributed by atoms with E-state index in [1.807, 2.05) is 56.5 Å². The second kappa shape index (κ2) is 5.77. The number of carbonyl (C=O) groups is 1. The van der Waals surface area contributed by atoms with Crippen molar-refractivity contribution in [2.24, 2.45) is 7.05 Å². The van der Waals surface area contributed by atoms with Crippen molar-refractivity contribution in [1.82, 2.24) is 14.7 Å². The Balaban J connectivity index is 2.12. The predicted octanol–water partition coefficient (Wildman–Crippen LogP) is 1.76. The summed E-state index contributed by atoms with van der Waals surface area (Å²) in [5.41, 5.74) is 2.74. The molecule has 0 radical (unpaired) electrons. The molecule has 1 aromatic heterocycles. The molecule has 1 amide bonds. The van der Waals surface area contributed by atoms with E-state index in [0.29, 0.717) is 12.1 Å². The number of hydrogen-bond donors (Lipinski definition) is 0. The minimum atomic E-state index is 0.0116. The van der Waals surface area contributed by atoms with E-state index in [1.165, 1.54) is 0 Å². The summed E-state index contributed by atoms with van der Waals surface area (Å²) in [6.45, 7) is 0.554. The summed E-state index contributed by atoms with van der Waals surface area (Å²) in [6, 6.07) is 7.63. The summed E-state index contributed by atoms with van der Waals surface area (Å²) in [7, 11) is 7.59. The summed E-state index contributed by atoms with van der Waals surface area (Å²) in [4.78, 5) is 16.1. The molecule has 0 saturated carbocycles. The fraction of sp³-hybridized carbons (Fsp3) is 0.333. The largest absolute Gasteiger partial charge is 0.378 e. The zero-order valence-corrected chi connectivity index (χ0v) is 12.4. The lowest BCUT2D eigenvalue weighted by atomic mass is 10.1. The van der Waals surface area contributed by atoms with Gasteiger partial charge in [-0.2, -0.15) is 5.10 Å². The molecule has 0 aliphatic carbocycles. The van der Waals surface area contributed by atoms with E-state index < -0.39 is 0 Å². The van der Waals surface area contributed by atoms with E-state index in [9.17, 15) is 4.79 Å². The van der Waals surface area contributed by atoms with Crippen molar-refractivity contribution >= 4 is 11.6 Å². The third-order valence-electron chi connectivity index (χ3n) is 3.13. The molecule has 0 atom stereocenters. The van der Waals surface area contributed by atoms with Crippen molar-refractivity contribution < 1.29 is 4.79 Å². The molecule has 0 fully saturated rings. The van der Waals surface area contributed by atoms with Gasteiger partial charge in [0, 0.05) is 57.7 Å². The molecule has 5 heteroatoms. The number of rotatable bonds is 4. The lowest BCUT2D eigenvalue weighted by Gasteiger charge is -2.18. The molecule has 0 spiro atoms. The maximum absolute atomic E-state index is 12.4. The fourth-order valence-electron chi connectivity index (χ4n) is 2.04. The van der Waals surface area contributed by atoms with Crippen LogP contribution >= 0.6 is 0 Å². The van der Waals surface area contributed by atoms with E-state index in [0.717, 1.165) is 11.3 Å². The highest BCUT2D eigenvalue weighted by Crippen LogP contribution is 2.15. The smallest absolute Gasteiger partial charge is 0.253 e. The minimum absolute atomic E-state index is 0.0116. The number of aryl methyl sites for hydroxylation is 1. The highest BCUT2D eigenvalue weighted by atomic mass is 16.2. The Hall–Kier alpha value is -2.30. The summed E-state index contributed by atoms with van der Waals surface area (Å²) < 4.78 is 1.74. The van der Waals surface area contributed by atoms with Crippen molar-refractivity contribution in [2.75, 3.05) is 26.0 Å². The molecule has 0 aliphatic heterocycles. The summed E-state index contributed by atoms with van der Waals surface area (Å²) in [5.74, 6) is 0.0116. The maximum atomic E-state index is 12.4. The van der Waals surface area contributed by atoms with E-state index in [4.69, 9.17) is 0 Å². The van der Waals surface area contributed by atoms with Crippen LogP contribution in [0.5, 0.6) is 0 Å². The second-order valence-corrected chi connectivity index (χ2v) is 5.13. The number of hydrogen-bond acceptors (Lipinski definition) is 3. The fourth-order valence-corrected chi connectivity index (χ4v) is 2.04. The topological polar surface area (TPSA) is 41.4 Å². The Labute approximate surface area is 119 Å². The molecule has 0 aliphatic rings. The molecule has 106 valence electrons. The lowest BCUT2D eigenvalue weighted by Crippen LogP contribution is -2.26. The molecule has 1 heterocycles. The van der Waals surface area contributed by atoms with E-state index in [1.54, 1.807) is 22.8 Å². The van der Waals surface area contributed by atoms with Gasteiger partial charge in [0.15, 0.2) is 0 Å². The van der Waals surface area contributed by atoms with Gasteiger partial charge < -0.3 is 9.80 Å². The van der Waals surface area contributed by atoms with Crippen molar-refractivity contribution in [2.45, 2.75) is 6.54 Å². The van der Waals surface area contributed by atoms with Crippen LogP contribution in [0.2, 0.25) is 0 Å². The van der Waals surface area contributed by atoms with Crippen LogP contribution in [0, 0.1) is 0 Å². The standard InChI is InChI=1S/C15H20N4O/c1-17(2)14-7-5-6-13(8-14)15(20)18(3)10-12-9-16-19(4)11-12/h5-9,11H,10H2,1-4H3. The first kappa shape index (κ1) is 14.1. The number of aromatic nitrogens is 2. The van der Waals surface area contributed by atoms with Crippen LogP contribution in [0.15, 0.2) is 36.7 Å². The molecule has 2 rings (SSSR count). The van der Waals surface area contributed by atoms with Gasteiger partial charge >= 0.3 is 0 Å². The number of amides is 1. The van der Waals surface area contributed by atoms with E-state index in [-0.39, 0.29) is 5.91 Å². The molecule has 0 N–H and O–H groups in total. The molecule has 0 unspecified atom stereocenters. The second-order valence-electron chi connectivity index (χ2n) is 5.13. The van der Waals surface area contributed by atoms with Gasteiger partial charge in [0.2, 0.25) is 0 Å². The minimum Gasteiger partial charge on any atom is -0.378 e. The normalized spacial score (nSPS) is 10.4. The van der Waals surface area contributed by atoms with Gasteiger partial charge in [-0.1, -0.05) is 6.07 Å². The van der Waals surface area contributed by atoms with Crippen molar-refractivity contribution in [3.8, 4) is 0 Å². The van der Waals surface area contributed by atoms with Crippen LogP contribution in [0.1, 0.15) is 15.9 Å². The number of carbonyl (C=O) groups excluding carboxylic acids is 1. The zero-order valence-electron chi connectivity index (χ0n) is 12.4. The Morgan fingerprint density at radius 3 is 2.65 bits per heavy atom. The van der Waals surface area contributed by atoms with Crippen LogP contribution in [0.3, 0.4) is 0 Å². The quantitative estimate of drug-likeness (QED) is 0.851. The van der Waals surface area contributed by atoms with Gasteiger partial charge in [-0.25, -0.2) is 0 Å². The predicted molar refractivity (Wildman–Crippen MR) is 79.8 cm³/mol. The highest BCUT2D eigenvalue weighted by Gasteiger charge is 2.13. The third kappa shape index (κ3) is 3.17. The Morgan fingerprint density at radius 2 is 2.05 bits per heavy atom. The molecule has 0 bridgehead atoms. The molecular weight excluding hydrogens is 252 g/mol. The first-order valence-electron chi connectivity index (χ1n) is 6.48. The van der Waals surface area contributed by atoms with Crippen LogP contribution < -0.4 is 4.90 Å². The lowest BCUT2D eigenvalue weighted by molar-refractivity contribution is 0.0785. The molecule has 2 aromatic rings. The Morgan fingerprint density at radius 1 is 1.30 bits per heavy atom. The zero-order chi connectivity index (χ0) is 14.7. The van der Waals surface area contributed by atoms with Gasteiger partial charge in [-0.05, 0) is 18.2 Å². The third-order valence-corrected chi connectivity index (χ3v) is 3.13. The van der Waals surface area contributed by atoms with Crippen molar-refractivity contribution in [3.63, 3.8) is 0 Å². The SMILES string of the molecule is CN(Cc1cnn(C)c1)C(=O)c1cccc(N(C)C)c1. The Bertz CT molecular complexity index is 603. The van der Waals surface area contributed by atoms with Gasteiger partial charge in [-0.3, -0.25) is 9.48 Å². The number of nitrogens with zero attached hydrogens (tertiary/aromatic N) is 4. The Kier molecular flexibility index (Phi) is 4.08. The highest BCUT2D eigenvalue weighted by molar-refractivity contribution is 5.95. The summed E-state index contributed by atoms with van der Waals surface area (Å²) >= 11 is 0. The first-order valence-corrected chi connectivity index (χ1v) is 6.48. The molecule has 0 saturated heterocycles. The van der Waals surface area contributed by atoms with Crippen molar-refractivity contribution in [1.29, 1.82) is 0 Å². The number of anilines is 1. The summed E-state index contributed by atoms with van der Waals surface area (Å²) in [5, 5.41) is 4.11. The molecule has 20 heavy (non-hydrogen) atoms. The van der Waals surface area contributed by atoms with Gasteiger partial charge in [0.1, 0.15) is 0 Å². The van der Waals surface area contributed by atoms with Crippen LogP contribution in [-0.4, -0.2) is 41.7 Å². The molecular formula is C15H20N4O. The van der Waals surface area contributed by atoms with Gasteiger partial charge in [-0.15, -0.1) is 0 Å². The monoisotopic (exact) mass is 272 g/mol. The van der Waals surface area contributed by atoms with Gasteiger partial charge in [0.05, 0.1) is 6.20 Å². The number of benzene rings is 1.